The smallest absolute Gasteiger partial charge is 0.306 e. The summed E-state index contributed by atoms with van der Waals surface area (Å²) in [4.78, 5) is 25.1. The first-order valence-electron chi connectivity index (χ1n) is 8.75. The molecule has 0 fully saturated rings. The largest absolute Gasteiger partial charge is 0.502 e. The summed E-state index contributed by atoms with van der Waals surface area (Å²) >= 11 is 1.42. The quantitative estimate of drug-likeness (QED) is 0.436. The number of thioether (sulfide) groups is 1. The molecule has 1 aromatic carbocycles. The van der Waals surface area contributed by atoms with E-state index in [1.165, 1.54) is 31.2 Å². The second-order valence-electron chi connectivity index (χ2n) is 6.08. The molecule has 1 atom stereocenters. The van der Waals surface area contributed by atoms with Crippen LogP contribution in [0.4, 0.5) is 0 Å². The number of para-hydroxylation sites is 1. The average Bonchev–Trinajstić information content (AvgIpc) is 3.27. The van der Waals surface area contributed by atoms with Crippen molar-refractivity contribution in [1.29, 1.82) is 0 Å². The lowest BCUT2D eigenvalue weighted by atomic mass is 9.98. The van der Waals surface area contributed by atoms with Crippen molar-refractivity contribution in [3.05, 3.63) is 76.2 Å². The predicted molar refractivity (Wildman–Crippen MR) is 106 cm³/mol. The minimum Gasteiger partial charge on any atom is -0.502 e. The van der Waals surface area contributed by atoms with E-state index in [0.29, 0.717) is 23.0 Å². The summed E-state index contributed by atoms with van der Waals surface area (Å²) in [5, 5.41) is 10.3. The molecule has 0 aliphatic carbocycles. The van der Waals surface area contributed by atoms with Crippen LogP contribution in [-0.2, 0) is 15.3 Å². The first-order valence-corrected chi connectivity index (χ1v) is 9.74. The minimum atomic E-state index is -0.790. The van der Waals surface area contributed by atoms with Gasteiger partial charge in [0, 0.05) is 11.0 Å². The van der Waals surface area contributed by atoms with Crippen LogP contribution in [-0.4, -0.2) is 25.3 Å². The van der Waals surface area contributed by atoms with E-state index < -0.39 is 23.1 Å². The SMILES string of the molecule is COC(=O)CC(c1ccco1)c1oc(CSc2ccccc2OC)cc(=O)c1O. The molecule has 8 heteroatoms. The summed E-state index contributed by atoms with van der Waals surface area (Å²) in [5.41, 5.74) is -0.594. The Balaban J connectivity index is 1.93. The summed E-state index contributed by atoms with van der Waals surface area (Å²) in [5.74, 6) is -0.147. The molecular formula is C21H20O7S. The minimum absolute atomic E-state index is 0.0338. The van der Waals surface area contributed by atoms with Gasteiger partial charge in [-0.1, -0.05) is 12.1 Å². The van der Waals surface area contributed by atoms with Gasteiger partial charge in [0.05, 0.1) is 38.6 Å². The van der Waals surface area contributed by atoms with Crippen molar-refractivity contribution in [3.8, 4) is 11.5 Å². The van der Waals surface area contributed by atoms with E-state index in [1.807, 2.05) is 24.3 Å². The molecular weight excluding hydrogens is 396 g/mol. The van der Waals surface area contributed by atoms with Crippen LogP contribution in [0, 0.1) is 0 Å². The molecule has 0 radical (unpaired) electrons. The van der Waals surface area contributed by atoms with E-state index >= 15 is 0 Å². The van der Waals surface area contributed by atoms with Crippen molar-refractivity contribution in [2.24, 2.45) is 0 Å². The van der Waals surface area contributed by atoms with Crippen molar-refractivity contribution in [2.75, 3.05) is 14.2 Å². The fourth-order valence-electron chi connectivity index (χ4n) is 2.81. The van der Waals surface area contributed by atoms with E-state index in [9.17, 15) is 14.7 Å². The van der Waals surface area contributed by atoms with E-state index in [1.54, 1.807) is 19.2 Å². The Morgan fingerprint density at radius 1 is 1.21 bits per heavy atom. The fourth-order valence-corrected chi connectivity index (χ4v) is 3.72. The molecule has 2 aromatic heterocycles. The molecule has 0 saturated heterocycles. The Labute approximate surface area is 171 Å². The summed E-state index contributed by atoms with van der Waals surface area (Å²) in [7, 11) is 2.84. The van der Waals surface area contributed by atoms with Gasteiger partial charge in [0.15, 0.2) is 5.76 Å². The average molecular weight is 416 g/mol. The summed E-state index contributed by atoms with van der Waals surface area (Å²) < 4.78 is 21.3. The molecule has 1 unspecified atom stereocenters. The van der Waals surface area contributed by atoms with Crippen LogP contribution < -0.4 is 10.2 Å². The van der Waals surface area contributed by atoms with Crippen LogP contribution in [0.15, 0.2) is 67.3 Å². The van der Waals surface area contributed by atoms with Gasteiger partial charge >= 0.3 is 5.97 Å². The lowest BCUT2D eigenvalue weighted by Crippen LogP contribution is -2.13. The molecule has 0 bridgehead atoms. The van der Waals surface area contributed by atoms with E-state index in [4.69, 9.17) is 18.3 Å². The van der Waals surface area contributed by atoms with Gasteiger partial charge in [-0.3, -0.25) is 9.59 Å². The molecule has 0 aliphatic heterocycles. The number of hydrogen-bond donors (Lipinski definition) is 1. The zero-order valence-electron chi connectivity index (χ0n) is 15.9. The van der Waals surface area contributed by atoms with Gasteiger partial charge in [-0.2, -0.15) is 0 Å². The number of aromatic hydroxyl groups is 1. The number of benzene rings is 1. The van der Waals surface area contributed by atoms with Crippen LogP contribution in [0.3, 0.4) is 0 Å². The van der Waals surface area contributed by atoms with Crippen LogP contribution >= 0.6 is 11.8 Å². The molecule has 0 saturated carbocycles. The third-order valence-electron chi connectivity index (χ3n) is 4.24. The van der Waals surface area contributed by atoms with Gasteiger partial charge < -0.3 is 23.4 Å². The topological polar surface area (TPSA) is 99.1 Å². The second kappa shape index (κ2) is 9.38. The lowest BCUT2D eigenvalue weighted by Gasteiger charge is -2.15. The standard InChI is InChI=1S/C21H20O7S/c1-25-17-6-3-4-8-18(17)29-12-13-10-15(22)20(24)21(28-13)14(11-19(23)26-2)16-7-5-9-27-16/h3-10,14,24H,11-12H2,1-2H3. The highest BCUT2D eigenvalue weighted by atomic mass is 32.2. The number of furan rings is 1. The second-order valence-corrected chi connectivity index (χ2v) is 7.09. The molecule has 152 valence electrons. The molecule has 0 amide bonds. The molecule has 7 nitrogen and oxygen atoms in total. The highest BCUT2D eigenvalue weighted by molar-refractivity contribution is 7.98. The van der Waals surface area contributed by atoms with E-state index in [2.05, 4.69) is 0 Å². The van der Waals surface area contributed by atoms with Gasteiger partial charge in [-0.05, 0) is 24.3 Å². The molecule has 29 heavy (non-hydrogen) atoms. The van der Waals surface area contributed by atoms with Crippen LogP contribution in [0.25, 0.3) is 0 Å². The van der Waals surface area contributed by atoms with Gasteiger partial charge in [0.1, 0.15) is 17.3 Å². The van der Waals surface area contributed by atoms with Crippen molar-refractivity contribution in [3.63, 3.8) is 0 Å². The number of hydrogen-bond acceptors (Lipinski definition) is 8. The zero-order chi connectivity index (χ0) is 20.8. The highest BCUT2D eigenvalue weighted by Crippen LogP contribution is 2.36. The highest BCUT2D eigenvalue weighted by Gasteiger charge is 2.28. The summed E-state index contributed by atoms with van der Waals surface area (Å²) in [6.45, 7) is 0. The Morgan fingerprint density at radius 2 is 2.00 bits per heavy atom. The molecule has 1 N–H and O–H groups in total. The van der Waals surface area contributed by atoms with Gasteiger partial charge in [-0.25, -0.2) is 0 Å². The van der Waals surface area contributed by atoms with Crippen molar-refractivity contribution in [1.82, 2.24) is 0 Å². The van der Waals surface area contributed by atoms with Crippen molar-refractivity contribution >= 4 is 17.7 Å². The van der Waals surface area contributed by atoms with Gasteiger partial charge in [-0.15, -0.1) is 11.8 Å². The number of carbonyl (C=O) groups is 1. The number of methoxy groups -OCH3 is 2. The molecule has 3 rings (SSSR count). The van der Waals surface area contributed by atoms with Gasteiger partial charge in [0.2, 0.25) is 11.2 Å². The van der Waals surface area contributed by atoms with Crippen molar-refractivity contribution in [2.45, 2.75) is 23.0 Å². The number of rotatable bonds is 8. The molecule has 0 spiro atoms. The number of esters is 1. The predicted octanol–water partition coefficient (Wildman–Crippen LogP) is 3.93. The maximum Gasteiger partial charge on any atom is 0.306 e. The number of carbonyl (C=O) groups excluding carboxylic acids is 1. The maximum atomic E-state index is 12.3. The summed E-state index contributed by atoms with van der Waals surface area (Å²) in [6.07, 6.45) is 1.29. The zero-order valence-corrected chi connectivity index (χ0v) is 16.7. The number of ether oxygens (including phenoxy) is 2. The first kappa shape index (κ1) is 20.6. The Kier molecular flexibility index (Phi) is 6.66. The Morgan fingerprint density at radius 3 is 2.69 bits per heavy atom. The third kappa shape index (κ3) is 4.83. The summed E-state index contributed by atoms with van der Waals surface area (Å²) in [6, 6.07) is 12.0. The third-order valence-corrected chi connectivity index (χ3v) is 5.32. The van der Waals surface area contributed by atoms with E-state index in [-0.39, 0.29) is 12.2 Å². The Bertz CT molecular complexity index is 1020. The lowest BCUT2D eigenvalue weighted by molar-refractivity contribution is -0.141. The van der Waals surface area contributed by atoms with Crippen molar-refractivity contribution < 1.29 is 28.2 Å². The van der Waals surface area contributed by atoms with Gasteiger partial charge in [0.25, 0.3) is 0 Å². The van der Waals surface area contributed by atoms with Crippen LogP contribution in [0.2, 0.25) is 0 Å². The normalized spacial score (nSPS) is 11.8. The molecule has 0 aliphatic rings. The fraction of sp³-hybridized carbons (Fsp3) is 0.238. The monoisotopic (exact) mass is 416 g/mol. The van der Waals surface area contributed by atoms with Crippen LogP contribution in [0.5, 0.6) is 11.5 Å². The van der Waals surface area contributed by atoms with Crippen LogP contribution in [0.1, 0.15) is 29.6 Å². The molecule has 3 aromatic rings. The first-order chi connectivity index (χ1) is 14.0. The van der Waals surface area contributed by atoms with E-state index in [0.717, 1.165) is 4.90 Å². The maximum absolute atomic E-state index is 12.3. The Hall–Kier alpha value is -3.13. The molecule has 2 heterocycles.